The molecule has 0 aliphatic carbocycles. The Hall–Kier alpha value is -2.77. The summed E-state index contributed by atoms with van der Waals surface area (Å²) in [6.07, 6.45) is 1.88. The van der Waals surface area contributed by atoms with E-state index in [0.29, 0.717) is 48.3 Å². The number of hydrogen-bond acceptors (Lipinski definition) is 6. The second-order valence-corrected chi connectivity index (χ2v) is 10.3. The van der Waals surface area contributed by atoms with Crippen LogP contribution in [0.15, 0.2) is 53.4 Å². The highest BCUT2D eigenvalue weighted by molar-refractivity contribution is 7.92. The molecule has 0 spiro atoms. The SMILES string of the molecule is CCOc1ccc(CC)cc1[C@@]1(C(=O)CS(=O)(=O)c2cccc3nc(C)ccc23)CCCO1. The van der Waals surface area contributed by atoms with Crippen LogP contribution in [-0.2, 0) is 31.4 Å². The minimum atomic E-state index is -3.93. The van der Waals surface area contributed by atoms with Crippen molar-refractivity contribution in [2.75, 3.05) is 19.0 Å². The minimum Gasteiger partial charge on any atom is -0.493 e. The molecule has 1 fully saturated rings. The van der Waals surface area contributed by atoms with Gasteiger partial charge in [-0.1, -0.05) is 19.1 Å². The molecule has 174 valence electrons. The van der Waals surface area contributed by atoms with E-state index in [0.717, 1.165) is 17.7 Å². The van der Waals surface area contributed by atoms with Gasteiger partial charge >= 0.3 is 0 Å². The van der Waals surface area contributed by atoms with Gasteiger partial charge in [0.15, 0.2) is 21.2 Å². The van der Waals surface area contributed by atoms with Crippen LogP contribution < -0.4 is 4.74 Å². The topological polar surface area (TPSA) is 82.6 Å². The maximum Gasteiger partial charge on any atom is 0.186 e. The van der Waals surface area contributed by atoms with E-state index in [2.05, 4.69) is 4.98 Å². The molecule has 0 N–H and O–H groups in total. The summed E-state index contributed by atoms with van der Waals surface area (Å²) in [4.78, 5) is 18.3. The first-order valence-electron chi connectivity index (χ1n) is 11.3. The van der Waals surface area contributed by atoms with Crippen molar-refractivity contribution in [2.45, 2.75) is 50.5 Å². The lowest BCUT2D eigenvalue weighted by Gasteiger charge is -2.29. The number of carbonyl (C=O) groups excluding carboxylic acids is 1. The molecule has 0 amide bonds. The van der Waals surface area contributed by atoms with Gasteiger partial charge in [-0.3, -0.25) is 9.78 Å². The molecule has 6 nitrogen and oxygen atoms in total. The number of Topliss-reactive ketones (excluding diaryl/α,β-unsaturated/α-hetero) is 1. The van der Waals surface area contributed by atoms with Gasteiger partial charge in [-0.05, 0) is 75.1 Å². The molecule has 0 bridgehead atoms. The summed E-state index contributed by atoms with van der Waals surface area (Å²) >= 11 is 0. The highest BCUT2D eigenvalue weighted by Crippen LogP contribution is 2.43. The zero-order chi connectivity index (χ0) is 23.6. The van der Waals surface area contributed by atoms with Crippen molar-refractivity contribution in [3.05, 3.63) is 65.4 Å². The number of sulfone groups is 1. The van der Waals surface area contributed by atoms with Crippen LogP contribution in [0.3, 0.4) is 0 Å². The Kier molecular flexibility index (Phi) is 6.54. The van der Waals surface area contributed by atoms with Gasteiger partial charge in [0.1, 0.15) is 11.5 Å². The van der Waals surface area contributed by atoms with Gasteiger partial charge in [0.25, 0.3) is 0 Å². The normalized spacial score (nSPS) is 18.5. The monoisotopic (exact) mass is 467 g/mol. The molecule has 2 heterocycles. The Morgan fingerprint density at radius 2 is 1.97 bits per heavy atom. The largest absolute Gasteiger partial charge is 0.493 e. The van der Waals surface area contributed by atoms with Gasteiger partial charge in [0, 0.05) is 23.3 Å². The summed E-state index contributed by atoms with van der Waals surface area (Å²) in [6, 6.07) is 14.2. The standard InChI is InChI=1S/C26H29NO5S/c1-4-19-11-13-23(31-5-2)21(16-19)26(14-7-15-32-26)25(28)17-33(29,30)24-9-6-8-22-20(24)12-10-18(3)27-22/h6,8-13,16H,4-5,7,14-15,17H2,1-3H3/t26-/m1/s1. The van der Waals surface area contributed by atoms with Crippen LogP contribution in [-0.4, -0.2) is 38.2 Å². The molecule has 0 saturated carbocycles. The fourth-order valence-electron chi connectivity index (χ4n) is 4.48. The van der Waals surface area contributed by atoms with E-state index in [-0.39, 0.29) is 4.90 Å². The number of benzene rings is 2. The van der Waals surface area contributed by atoms with Crippen LogP contribution in [0.4, 0.5) is 0 Å². The predicted octanol–water partition coefficient (Wildman–Crippen LogP) is 4.55. The second kappa shape index (κ2) is 9.23. The Labute approximate surface area is 194 Å². The zero-order valence-electron chi connectivity index (χ0n) is 19.3. The van der Waals surface area contributed by atoms with Crippen molar-refractivity contribution in [3.8, 4) is 5.75 Å². The van der Waals surface area contributed by atoms with Gasteiger partial charge in [-0.15, -0.1) is 0 Å². The van der Waals surface area contributed by atoms with Crippen LogP contribution in [0.5, 0.6) is 5.75 Å². The summed E-state index contributed by atoms with van der Waals surface area (Å²) in [6.45, 7) is 6.59. The number of pyridine rings is 1. The lowest BCUT2D eigenvalue weighted by atomic mass is 9.85. The molecule has 1 aromatic heterocycles. The molecular weight excluding hydrogens is 438 g/mol. The van der Waals surface area contributed by atoms with E-state index in [1.807, 2.05) is 39.0 Å². The molecule has 1 aliphatic heterocycles. The molecule has 0 radical (unpaired) electrons. The van der Waals surface area contributed by atoms with Crippen LogP contribution in [0.2, 0.25) is 0 Å². The van der Waals surface area contributed by atoms with Gasteiger partial charge in [-0.2, -0.15) is 0 Å². The maximum atomic E-state index is 13.7. The molecule has 1 saturated heterocycles. The van der Waals surface area contributed by atoms with Crippen LogP contribution in [0.25, 0.3) is 10.9 Å². The summed E-state index contributed by atoms with van der Waals surface area (Å²) in [5.74, 6) is -0.555. The fraction of sp³-hybridized carbons (Fsp3) is 0.385. The van der Waals surface area contributed by atoms with E-state index >= 15 is 0 Å². The highest BCUT2D eigenvalue weighted by atomic mass is 32.2. The number of rotatable bonds is 8. The number of ketones is 1. The van der Waals surface area contributed by atoms with Crippen molar-refractivity contribution >= 4 is 26.5 Å². The first kappa shape index (κ1) is 23.4. The number of ether oxygens (including phenoxy) is 2. The number of fused-ring (bicyclic) bond motifs is 1. The zero-order valence-corrected chi connectivity index (χ0v) is 20.1. The number of hydrogen-bond donors (Lipinski definition) is 0. The van der Waals surface area contributed by atoms with E-state index in [1.165, 1.54) is 6.07 Å². The molecule has 4 rings (SSSR count). The van der Waals surface area contributed by atoms with E-state index in [9.17, 15) is 13.2 Å². The lowest BCUT2D eigenvalue weighted by molar-refractivity contribution is -0.137. The first-order chi connectivity index (χ1) is 15.8. The number of carbonyl (C=O) groups is 1. The predicted molar refractivity (Wildman–Crippen MR) is 127 cm³/mol. The van der Waals surface area contributed by atoms with Crippen molar-refractivity contribution in [1.82, 2.24) is 4.98 Å². The summed E-state index contributed by atoms with van der Waals surface area (Å²) in [7, 11) is -3.93. The van der Waals surface area contributed by atoms with Gasteiger partial charge < -0.3 is 9.47 Å². The Bertz CT molecular complexity index is 1290. The molecule has 2 aromatic carbocycles. The third kappa shape index (κ3) is 4.39. The quantitative estimate of drug-likeness (QED) is 0.483. The molecule has 0 unspecified atom stereocenters. The van der Waals surface area contributed by atoms with E-state index in [4.69, 9.17) is 9.47 Å². The van der Waals surface area contributed by atoms with Crippen molar-refractivity contribution < 1.29 is 22.7 Å². The third-order valence-electron chi connectivity index (χ3n) is 6.15. The average molecular weight is 468 g/mol. The van der Waals surface area contributed by atoms with Crippen molar-refractivity contribution in [2.24, 2.45) is 0 Å². The number of nitrogens with zero attached hydrogens (tertiary/aromatic N) is 1. The molecule has 3 aromatic rings. The van der Waals surface area contributed by atoms with Crippen LogP contribution >= 0.6 is 0 Å². The Morgan fingerprint density at radius 1 is 1.15 bits per heavy atom. The summed E-state index contributed by atoms with van der Waals surface area (Å²) in [5, 5.41) is 0.514. The van der Waals surface area contributed by atoms with Gasteiger partial charge in [-0.25, -0.2) is 8.42 Å². The third-order valence-corrected chi connectivity index (χ3v) is 7.81. The van der Waals surface area contributed by atoms with Gasteiger partial charge in [0.05, 0.1) is 17.0 Å². The first-order valence-corrected chi connectivity index (χ1v) is 13.0. The smallest absolute Gasteiger partial charge is 0.186 e. The molecule has 1 atom stereocenters. The lowest BCUT2D eigenvalue weighted by Crippen LogP contribution is -2.39. The molecule has 7 heteroatoms. The second-order valence-electron chi connectivity index (χ2n) is 8.35. The molecule has 1 aliphatic rings. The molecule has 33 heavy (non-hydrogen) atoms. The Morgan fingerprint density at radius 3 is 2.67 bits per heavy atom. The molecular formula is C26H29NO5S. The minimum absolute atomic E-state index is 0.112. The fourth-order valence-corrected chi connectivity index (χ4v) is 6.01. The van der Waals surface area contributed by atoms with Crippen LogP contribution in [0.1, 0.15) is 43.5 Å². The van der Waals surface area contributed by atoms with E-state index < -0.39 is 27.0 Å². The number of aryl methyl sites for hydroxylation is 2. The summed E-state index contributed by atoms with van der Waals surface area (Å²) in [5.41, 5.74) is 1.71. The highest BCUT2D eigenvalue weighted by Gasteiger charge is 2.47. The maximum absolute atomic E-state index is 13.7. The average Bonchev–Trinajstić information content (AvgIpc) is 3.30. The van der Waals surface area contributed by atoms with Crippen molar-refractivity contribution in [1.29, 1.82) is 0 Å². The van der Waals surface area contributed by atoms with E-state index in [1.54, 1.807) is 24.3 Å². The Balaban J connectivity index is 1.77. The summed E-state index contributed by atoms with van der Waals surface area (Å²) < 4.78 is 38.8. The number of aromatic nitrogens is 1. The van der Waals surface area contributed by atoms with Gasteiger partial charge in [0.2, 0.25) is 0 Å². The van der Waals surface area contributed by atoms with Crippen LogP contribution in [0, 0.1) is 6.92 Å². The van der Waals surface area contributed by atoms with Crippen molar-refractivity contribution in [3.63, 3.8) is 0 Å².